The van der Waals surface area contributed by atoms with Gasteiger partial charge in [0.15, 0.2) is 5.69 Å². The van der Waals surface area contributed by atoms with Crippen molar-refractivity contribution < 1.29 is 9.90 Å². The SMILES string of the molecule is CC[C@](C)(O)CN(Cc1ccccc1)C(=O)c1cnsn1. The molecule has 112 valence electrons. The van der Waals surface area contributed by atoms with Crippen LogP contribution in [0.4, 0.5) is 0 Å². The molecule has 2 rings (SSSR count). The predicted molar refractivity (Wildman–Crippen MR) is 82.0 cm³/mol. The largest absolute Gasteiger partial charge is 0.388 e. The molecule has 1 aromatic carbocycles. The monoisotopic (exact) mass is 305 g/mol. The van der Waals surface area contributed by atoms with Gasteiger partial charge in [-0.05, 0) is 18.9 Å². The van der Waals surface area contributed by atoms with Gasteiger partial charge in [-0.3, -0.25) is 4.79 Å². The van der Waals surface area contributed by atoms with Gasteiger partial charge in [-0.1, -0.05) is 37.3 Å². The van der Waals surface area contributed by atoms with Crippen LogP contribution in [0.3, 0.4) is 0 Å². The summed E-state index contributed by atoms with van der Waals surface area (Å²) in [5.41, 5.74) is 0.414. The van der Waals surface area contributed by atoms with Crippen molar-refractivity contribution in [1.29, 1.82) is 0 Å². The second-order valence-electron chi connectivity index (χ2n) is 5.29. The third-order valence-corrected chi connectivity index (χ3v) is 3.86. The van der Waals surface area contributed by atoms with Gasteiger partial charge in [0, 0.05) is 13.1 Å². The van der Waals surface area contributed by atoms with Gasteiger partial charge in [-0.25, -0.2) is 0 Å². The van der Waals surface area contributed by atoms with Crippen LogP contribution in [0.15, 0.2) is 36.5 Å². The Labute approximate surface area is 128 Å². The summed E-state index contributed by atoms with van der Waals surface area (Å²) in [5.74, 6) is -0.207. The van der Waals surface area contributed by atoms with Crippen LogP contribution < -0.4 is 0 Å². The van der Waals surface area contributed by atoms with E-state index in [1.54, 1.807) is 11.8 Å². The summed E-state index contributed by atoms with van der Waals surface area (Å²) in [4.78, 5) is 14.1. The molecule has 1 amide bonds. The quantitative estimate of drug-likeness (QED) is 0.889. The van der Waals surface area contributed by atoms with Crippen LogP contribution >= 0.6 is 11.7 Å². The summed E-state index contributed by atoms with van der Waals surface area (Å²) >= 11 is 1.01. The van der Waals surface area contributed by atoms with Crippen LogP contribution in [0.1, 0.15) is 36.3 Å². The fourth-order valence-electron chi connectivity index (χ4n) is 1.95. The van der Waals surface area contributed by atoms with Crippen LogP contribution in [0.25, 0.3) is 0 Å². The number of hydrogen-bond donors (Lipinski definition) is 1. The molecule has 0 aliphatic carbocycles. The molecule has 0 bridgehead atoms. The Balaban J connectivity index is 2.20. The molecule has 0 radical (unpaired) electrons. The first-order valence-electron chi connectivity index (χ1n) is 6.85. The average molecular weight is 305 g/mol. The lowest BCUT2D eigenvalue weighted by molar-refractivity contribution is 0.0133. The highest BCUT2D eigenvalue weighted by Gasteiger charge is 2.27. The fraction of sp³-hybridized carbons (Fsp3) is 0.400. The Hall–Kier alpha value is -1.79. The number of aromatic nitrogens is 2. The standard InChI is InChI=1S/C15H19N3O2S/c1-3-15(2,20)11-18(10-12-7-5-4-6-8-12)14(19)13-9-16-21-17-13/h4-9,20H,3,10-11H2,1-2H3/t15-/m0/s1. The van der Waals surface area contributed by atoms with Crippen molar-refractivity contribution >= 4 is 17.6 Å². The first-order valence-corrected chi connectivity index (χ1v) is 7.58. The highest BCUT2D eigenvalue weighted by molar-refractivity contribution is 6.99. The smallest absolute Gasteiger partial charge is 0.275 e. The summed E-state index contributed by atoms with van der Waals surface area (Å²) in [6.07, 6.45) is 2.03. The molecule has 2 aromatic rings. The maximum Gasteiger partial charge on any atom is 0.275 e. The van der Waals surface area contributed by atoms with Gasteiger partial charge in [-0.15, -0.1) is 0 Å². The van der Waals surface area contributed by atoms with Gasteiger partial charge >= 0.3 is 0 Å². The van der Waals surface area contributed by atoms with E-state index in [-0.39, 0.29) is 12.5 Å². The highest BCUT2D eigenvalue weighted by Crippen LogP contribution is 2.16. The van der Waals surface area contributed by atoms with Crippen molar-refractivity contribution in [1.82, 2.24) is 13.6 Å². The van der Waals surface area contributed by atoms with Gasteiger partial charge in [0.1, 0.15) is 0 Å². The number of hydrogen-bond acceptors (Lipinski definition) is 5. The topological polar surface area (TPSA) is 66.3 Å². The number of carbonyl (C=O) groups excluding carboxylic acids is 1. The second kappa shape index (κ2) is 6.78. The molecule has 1 aromatic heterocycles. The van der Waals surface area contributed by atoms with Gasteiger partial charge in [0.25, 0.3) is 5.91 Å². The lowest BCUT2D eigenvalue weighted by Crippen LogP contribution is -2.43. The molecular formula is C15H19N3O2S. The molecule has 21 heavy (non-hydrogen) atoms. The second-order valence-corrected chi connectivity index (χ2v) is 5.85. The number of aliphatic hydroxyl groups is 1. The number of carbonyl (C=O) groups is 1. The number of benzene rings is 1. The number of amides is 1. The summed E-state index contributed by atoms with van der Waals surface area (Å²) in [6.45, 7) is 4.33. The molecule has 0 aliphatic rings. The van der Waals surface area contributed by atoms with Crippen molar-refractivity contribution in [3.8, 4) is 0 Å². The maximum absolute atomic E-state index is 12.5. The van der Waals surface area contributed by atoms with E-state index in [9.17, 15) is 9.90 Å². The van der Waals surface area contributed by atoms with Gasteiger partial charge in [-0.2, -0.15) is 8.75 Å². The van der Waals surface area contributed by atoms with Crippen LogP contribution in [0.5, 0.6) is 0 Å². The Bertz CT molecular complexity index is 570. The summed E-state index contributed by atoms with van der Waals surface area (Å²) < 4.78 is 7.86. The zero-order chi connectivity index (χ0) is 15.3. The van der Waals surface area contributed by atoms with Crippen LogP contribution in [-0.2, 0) is 6.54 Å². The lowest BCUT2D eigenvalue weighted by atomic mass is 10.0. The van der Waals surface area contributed by atoms with E-state index < -0.39 is 5.60 Å². The zero-order valence-electron chi connectivity index (χ0n) is 12.2. The average Bonchev–Trinajstić information content (AvgIpc) is 3.01. The molecular weight excluding hydrogens is 286 g/mol. The third-order valence-electron chi connectivity index (χ3n) is 3.38. The van der Waals surface area contributed by atoms with Gasteiger partial charge in [0.2, 0.25) is 0 Å². The summed E-state index contributed by atoms with van der Waals surface area (Å²) in [5, 5.41) is 10.3. The van der Waals surface area contributed by atoms with Crippen molar-refractivity contribution in [2.45, 2.75) is 32.4 Å². The molecule has 0 spiro atoms. The predicted octanol–water partition coefficient (Wildman–Crippen LogP) is 2.34. The Morgan fingerprint density at radius 1 is 1.38 bits per heavy atom. The molecule has 5 nitrogen and oxygen atoms in total. The minimum absolute atomic E-state index is 0.207. The molecule has 1 atom stereocenters. The minimum atomic E-state index is -0.923. The first-order chi connectivity index (χ1) is 10.0. The zero-order valence-corrected chi connectivity index (χ0v) is 13.0. The van der Waals surface area contributed by atoms with E-state index in [0.717, 1.165) is 17.3 Å². The third kappa shape index (κ3) is 4.34. The fourth-order valence-corrected chi connectivity index (χ4v) is 2.35. The molecule has 6 heteroatoms. The van der Waals surface area contributed by atoms with Crippen molar-refractivity contribution in [3.05, 3.63) is 47.8 Å². The maximum atomic E-state index is 12.5. The lowest BCUT2D eigenvalue weighted by Gasteiger charge is -2.30. The molecule has 0 saturated carbocycles. The van der Waals surface area contributed by atoms with E-state index >= 15 is 0 Å². The first kappa shape index (κ1) is 15.6. The summed E-state index contributed by atoms with van der Waals surface area (Å²) in [7, 11) is 0. The Morgan fingerprint density at radius 3 is 2.67 bits per heavy atom. The van der Waals surface area contributed by atoms with E-state index in [0.29, 0.717) is 18.7 Å². The van der Waals surface area contributed by atoms with Crippen molar-refractivity contribution in [2.24, 2.45) is 0 Å². The molecule has 0 unspecified atom stereocenters. The molecule has 0 aliphatic heterocycles. The highest BCUT2D eigenvalue weighted by atomic mass is 32.1. The van der Waals surface area contributed by atoms with E-state index in [1.165, 1.54) is 6.20 Å². The van der Waals surface area contributed by atoms with Crippen LogP contribution in [-0.4, -0.2) is 36.8 Å². The van der Waals surface area contributed by atoms with E-state index in [1.807, 2.05) is 37.3 Å². The van der Waals surface area contributed by atoms with Gasteiger partial charge < -0.3 is 10.0 Å². The molecule has 1 N–H and O–H groups in total. The summed E-state index contributed by atoms with van der Waals surface area (Å²) in [6, 6.07) is 9.71. The van der Waals surface area contributed by atoms with Crippen LogP contribution in [0.2, 0.25) is 0 Å². The minimum Gasteiger partial charge on any atom is -0.388 e. The number of nitrogens with zero attached hydrogens (tertiary/aromatic N) is 3. The van der Waals surface area contributed by atoms with Crippen molar-refractivity contribution in [2.75, 3.05) is 6.54 Å². The van der Waals surface area contributed by atoms with Crippen LogP contribution in [0, 0.1) is 0 Å². The van der Waals surface area contributed by atoms with Crippen molar-refractivity contribution in [3.63, 3.8) is 0 Å². The molecule has 0 fully saturated rings. The van der Waals surface area contributed by atoms with E-state index in [2.05, 4.69) is 8.75 Å². The Kier molecular flexibility index (Phi) is 5.03. The number of rotatable bonds is 6. The Morgan fingerprint density at radius 2 is 2.10 bits per heavy atom. The van der Waals surface area contributed by atoms with Gasteiger partial charge in [0.05, 0.1) is 23.5 Å². The van der Waals surface area contributed by atoms with E-state index in [4.69, 9.17) is 0 Å². The molecule has 0 saturated heterocycles. The normalized spacial score (nSPS) is 13.7. The molecule has 1 heterocycles.